The van der Waals surface area contributed by atoms with Crippen LogP contribution in [0.1, 0.15) is 0 Å². The van der Waals surface area contributed by atoms with Gasteiger partial charge in [0.1, 0.15) is 0 Å². The van der Waals surface area contributed by atoms with Gasteiger partial charge in [-0.25, -0.2) is 4.79 Å². The van der Waals surface area contributed by atoms with Crippen LogP contribution >= 0.6 is 15.9 Å². The van der Waals surface area contributed by atoms with Crippen LogP contribution in [0.25, 0.3) is 0 Å². The maximum Gasteiger partial charge on any atom is 0.328 e. The summed E-state index contributed by atoms with van der Waals surface area (Å²) in [6.07, 6.45) is 1.75. The molecule has 0 fully saturated rings. The van der Waals surface area contributed by atoms with Crippen LogP contribution in [0.3, 0.4) is 0 Å². The fraction of sp³-hybridized carbons (Fsp3) is 0. The Bertz CT molecular complexity index is 415. The number of carboxylic acids is 1. The minimum Gasteiger partial charge on any atom is -0.478 e. The van der Waals surface area contributed by atoms with Gasteiger partial charge in [-0.05, 0) is 18.2 Å². The molecule has 15 heavy (non-hydrogen) atoms. The van der Waals surface area contributed by atoms with Crippen LogP contribution in [-0.2, 0) is 9.59 Å². The molecule has 0 aliphatic rings. The molecule has 0 radical (unpaired) electrons. The van der Waals surface area contributed by atoms with Gasteiger partial charge in [0.15, 0.2) is 0 Å². The molecule has 5 heteroatoms. The highest BCUT2D eigenvalue weighted by Gasteiger charge is 1.98. The van der Waals surface area contributed by atoms with Crippen molar-refractivity contribution in [2.24, 2.45) is 0 Å². The average Bonchev–Trinajstić information content (AvgIpc) is 2.15. The van der Waals surface area contributed by atoms with Crippen molar-refractivity contribution in [3.8, 4) is 0 Å². The molecular formula is C10H8BrNO3. The minimum absolute atomic E-state index is 0.476. The first-order valence-electron chi connectivity index (χ1n) is 4.05. The molecule has 1 aromatic carbocycles. The van der Waals surface area contributed by atoms with Crippen molar-refractivity contribution in [3.05, 3.63) is 40.9 Å². The number of carbonyl (C=O) groups excluding carboxylic acids is 1. The Morgan fingerprint density at radius 2 is 2.07 bits per heavy atom. The van der Waals surface area contributed by atoms with Crippen LogP contribution < -0.4 is 5.32 Å². The number of nitrogens with one attached hydrogen (secondary N) is 1. The molecule has 0 saturated carbocycles. The zero-order valence-corrected chi connectivity index (χ0v) is 9.19. The second-order valence-corrected chi connectivity index (χ2v) is 3.59. The summed E-state index contributed by atoms with van der Waals surface area (Å²) >= 11 is 3.25. The lowest BCUT2D eigenvalue weighted by atomic mass is 10.3. The van der Waals surface area contributed by atoms with E-state index in [1.807, 2.05) is 6.07 Å². The zero-order chi connectivity index (χ0) is 11.3. The summed E-state index contributed by atoms with van der Waals surface area (Å²) in [5, 5.41) is 10.8. The van der Waals surface area contributed by atoms with E-state index in [9.17, 15) is 9.59 Å². The van der Waals surface area contributed by atoms with Gasteiger partial charge in [0.2, 0.25) is 5.91 Å². The van der Waals surface area contributed by atoms with Gasteiger partial charge in [0, 0.05) is 22.3 Å². The van der Waals surface area contributed by atoms with Crippen LogP contribution in [-0.4, -0.2) is 17.0 Å². The molecule has 0 aliphatic heterocycles. The second kappa shape index (κ2) is 5.31. The van der Waals surface area contributed by atoms with E-state index in [-0.39, 0.29) is 0 Å². The SMILES string of the molecule is O=C(O)C=CC(=O)Nc1cccc(Br)c1. The zero-order valence-electron chi connectivity index (χ0n) is 7.61. The van der Waals surface area contributed by atoms with E-state index in [1.54, 1.807) is 18.2 Å². The third kappa shape index (κ3) is 4.42. The summed E-state index contributed by atoms with van der Waals surface area (Å²) in [7, 11) is 0. The fourth-order valence-corrected chi connectivity index (χ4v) is 1.30. The average molecular weight is 270 g/mol. The first-order chi connectivity index (χ1) is 7.08. The Hall–Kier alpha value is -1.62. The predicted octanol–water partition coefficient (Wildman–Crippen LogP) is 2.03. The summed E-state index contributed by atoms with van der Waals surface area (Å²) in [4.78, 5) is 21.3. The monoisotopic (exact) mass is 269 g/mol. The van der Waals surface area contributed by atoms with E-state index >= 15 is 0 Å². The molecule has 4 nitrogen and oxygen atoms in total. The summed E-state index contributed by atoms with van der Waals surface area (Å²) in [6, 6.07) is 7.01. The first-order valence-corrected chi connectivity index (χ1v) is 4.85. The summed E-state index contributed by atoms with van der Waals surface area (Å²) in [5.41, 5.74) is 0.601. The van der Waals surface area contributed by atoms with Gasteiger partial charge in [-0.1, -0.05) is 22.0 Å². The molecule has 1 amide bonds. The molecule has 2 N–H and O–H groups in total. The molecule has 0 bridgehead atoms. The van der Waals surface area contributed by atoms with Crippen molar-refractivity contribution in [1.82, 2.24) is 0 Å². The molecule has 0 unspecified atom stereocenters. The third-order valence-corrected chi connectivity index (χ3v) is 1.96. The lowest BCUT2D eigenvalue weighted by Gasteiger charge is -2.01. The van der Waals surface area contributed by atoms with Gasteiger partial charge in [0.25, 0.3) is 0 Å². The maximum absolute atomic E-state index is 11.2. The summed E-state index contributed by atoms with van der Waals surface area (Å²) in [6.45, 7) is 0. The molecule has 0 aliphatic carbocycles. The Balaban J connectivity index is 2.63. The number of amides is 1. The lowest BCUT2D eigenvalue weighted by Crippen LogP contribution is -2.08. The van der Waals surface area contributed by atoms with Gasteiger partial charge in [0.05, 0.1) is 0 Å². The number of rotatable bonds is 3. The summed E-state index contributed by atoms with van der Waals surface area (Å²) < 4.78 is 0.836. The predicted molar refractivity (Wildman–Crippen MR) is 59.5 cm³/mol. The molecule has 78 valence electrons. The molecule has 0 heterocycles. The smallest absolute Gasteiger partial charge is 0.328 e. The van der Waals surface area contributed by atoms with E-state index in [4.69, 9.17) is 5.11 Å². The molecule has 0 saturated heterocycles. The number of halogens is 1. The Labute approximate surface area is 94.7 Å². The number of anilines is 1. The maximum atomic E-state index is 11.2. The van der Waals surface area contributed by atoms with Gasteiger partial charge < -0.3 is 10.4 Å². The highest BCUT2D eigenvalue weighted by Crippen LogP contribution is 2.15. The molecule has 0 spiro atoms. The van der Waals surface area contributed by atoms with E-state index in [0.29, 0.717) is 5.69 Å². The topological polar surface area (TPSA) is 66.4 Å². The normalized spacial score (nSPS) is 10.2. The molecule has 0 aromatic heterocycles. The first kappa shape index (κ1) is 11.5. The van der Waals surface area contributed by atoms with Crippen LogP contribution in [0.2, 0.25) is 0 Å². The van der Waals surface area contributed by atoms with E-state index in [1.165, 1.54) is 0 Å². The Kier molecular flexibility index (Phi) is 4.05. The van der Waals surface area contributed by atoms with Crippen LogP contribution in [0, 0.1) is 0 Å². The highest BCUT2D eigenvalue weighted by atomic mass is 79.9. The van der Waals surface area contributed by atoms with Crippen molar-refractivity contribution >= 4 is 33.5 Å². The number of benzene rings is 1. The molecule has 0 atom stereocenters. The van der Waals surface area contributed by atoms with Gasteiger partial charge >= 0.3 is 5.97 Å². The van der Waals surface area contributed by atoms with Gasteiger partial charge in [-0.2, -0.15) is 0 Å². The molecular weight excluding hydrogens is 262 g/mol. The molecule has 1 rings (SSSR count). The fourth-order valence-electron chi connectivity index (χ4n) is 0.897. The van der Waals surface area contributed by atoms with Crippen LogP contribution in [0.15, 0.2) is 40.9 Å². The van der Waals surface area contributed by atoms with Crippen molar-refractivity contribution in [1.29, 1.82) is 0 Å². The van der Waals surface area contributed by atoms with E-state index in [0.717, 1.165) is 16.6 Å². The van der Waals surface area contributed by atoms with Gasteiger partial charge in [-0.15, -0.1) is 0 Å². The number of hydrogen-bond donors (Lipinski definition) is 2. The van der Waals surface area contributed by atoms with E-state index in [2.05, 4.69) is 21.2 Å². The minimum atomic E-state index is -1.15. The largest absolute Gasteiger partial charge is 0.478 e. The molecule has 1 aromatic rings. The highest BCUT2D eigenvalue weighted by molar-refractivity contribution is 9.10. The Morgan fingerprint density at radius 3 is 2.67 bits per heavy atom. The van der Waals surface area contributed by atoms with Gasteiger partial charge in [-0.3, -0.25) is 4.79 Å². The van der Waals surface area contributed by atoms with E-state index < -0.39 is 11.9 Å². The quantitative estimate of drug-likeness (QED) is 0.826. The summed E-state index contributed by atoms with van der Waals surface area (Å²) in [5.74, 6) is -1.63. The standard InChI is InChI=1S/C10H8BrNO3/c11-7-2-1-3-8(6-7)12-9(13)4-5-10(14)15/h1-6H,(H,12,13)(H,14,15). The number of carbonyl (C=O) groups is 2. The van der Waals surface area contributed by atoms with Crippen LogP contribution in [0.4, 0.5) is 5.69 Å². The lowest BCUT2D eigenvalue weighted by molar-refractivity contribution is -0.131. The number of aliphatic carboxylic acids is 1. The van der Waals surface area contributed by atoms with Crippen molar-refractivity contribution in [3.63, 3.8) is 0 Å². The number of hydrogen-bond acceptors (Lipinski definition) is 2. The Morgan fingerprint density at radius 1 is 1.33 bits per heavy atom. The van der Waals surface area contributed by atoms with Crippen molar-refractivity contribution in [2.45, 2.75) is 0 Å². The van der Waals surface area contributed by atoms with Crippen LogP contribution in [0.5, 0.6) is 0 Å². The third-order valence-electron chi connectivity index (χ3n) is 1.47. The number of carboxylic acid groups (broad SMARTS) is 1. The van der Waals surface area contributed by atoms with Crippen molar-refractivity contribution < 1.29 is 14.7 Å². The van der Waals surface area contributed by atoms with Crippen molar-refractivity contribution in [2.75, 3.05) is 5.32 Å². The second-order valence-electron chi connectivity index (χ2n) is 2.67.